The van der Waals surface area contributed by atoms with Crippen LogP contribution in [-0.2, 0) is 17.7 Å². The second kappa shape index (κ2) is 9.07. The van der Waals surface area contributed by atoms with E-state index in [4.69, 9.17) is 4.74 Å². The molecule has 0 spiro atoms. The summed E-state index contributed by atoms with van der Waals surface area (Å²) in [7, 11) is 0. The van der Waals surface area contributed by atoms with Crippen LogP contribution < -0.4 is 0 Å². The summed E-state index contributed by atoms with van der Waals surface area (Å²) in [5.41, 5.74) is 2.92. The maximum atomic E-state index is 13.1. The fourth-order valence-electron chi connectivity index (χ4n) is 3.84. The molecule has 1 aliphatic heterocycles. The highest BCUT2D eigenvalue weighted by Gasteiger charge is 2.38. The molecular formula is C22H26FN3O. The van der Waals surface area contributed by atoms with Crippen LogP contribution in [0.2, 0.25) is 0 Å². The molecule has 27 heavy (non-hydrogen) atoms. The van der Waals surface area contributed by atoms with Gasteiger partial charge in [-0.2, -0.15) is 5.26 Å². The maximum absolute atomic E-state index is 13.1. The zero-order valence-corrected chi connectivity index (χ0v) is 15.8. The van der Waals surface area contributed by atoms with Crippen LogP contribution in [0.25, 0.3) is 0 Å². The van der Waals surface area contributed by atoms with Gasteiger partial charge < -0.3 is 4.74 Å². The largest absolute Gasteiger partial charge is 0.381 e. The lowest BCUT2D eigenvalue weighted by molar-refractivity contribution is 0.0489. The standard InChI is InChI=1S/C22H26FN3O/c1-2-27-17-22(9-7-18-3-5-21(23)6-4-18)10-12-26(16-22)15-20-14-25-11-8-19(20)13-24/h3-6,8,11,14H,2,7,9-10,12,15-17H2,1H3. The number of pyridine rings is 1. The van der Waals surface area contributed by atoms with E-state index in [0.29, 0.717) is 12.2 Å². The van der Waals surface area contributed by atoms with Gasteiger partial charge in [0.25, 0.3) is 0 Å². The molecule has 1 atom stereocenters. The molecule has 1 aromatic carbocycles. The molecule has 1 unspecified atom stereocenters. The van der Waals surface area contributed by atoms with E-state index in [1.54, 1.807) is 18.5 Å². The minimum absolute atomic E-state index is 0.0966. The molecule has 2 aromatic rings. The number of benzene rings is 1. The Labute approximate surface area is 160 Å². The highest BCUT2D eigenvalue weighted by molar-refractivity contribution is 5.34. The van der Waals surface area contributed by atoms with Gasteiger partial charge in [0.15, 0.2) is 0 Å². The van der Waals surface area contributed by atoms with Crippen molar-refractivity contribution in [3.05, 3.63) is 65.2 Å². The zero-order chi connectivity index (χ0) is 19.1. The van der Waals surface area contributed by atoms with Crippen molar-refractivity contribution in [2.24, 2.45) is 5.41 Å². The summed E-state index contributed by atoms with van der Waals surface area (Å²) in [6.07, 6.45) is 6.44. The molecular weight excluding hydrogens is 341 g/mol. The van der Waals surface area contributed by atoms with Crippen molar-refractivity contribution < 1.29 is 9.13 Å². The van der Waals surface area contributed by atoms with Crippen LogP contribution in [-0.4, -0.2) is 36.2 Å². The Bertz CT molecular complexity index is 787. The number of nitriles is 1. The minimum atomic E-state index is -0.195. The number of rotatable bonds is 8. The Morgan fingerprint density at radius 2 is 2.11 bits per heavy atom. The molecule has 0 saturated carbocycles. The Morgan fingerprint density at radius 3 is 2.85 bits per heavy atom. The third-order valence-corrected chi connectivity index (χ3v) is 5.41. The summed E-state index contributed by atoms with van der Waals surface area (Å²) in [5, 5.41) is 9.30. The van der Waals surface area contributed by atoms with Gasteiger partial charge in [0.05, 0.1) is 18.2 Å². The van der Waals surface area contributed by atoms with E-state index in [1.807, 2.05) is 19.1 Å². The average Bonchev–Trinajstić information content (AvgIpc) is 3.09. The third-order valence-electron chi connectivity index (χ3n) is 5.41. The zero-order valence-electron chi connectivity index (χ0n) is 15.8. The number of halogens is 1. The molecule has 1 aliphatic rings. The molecule has 0 aliphatic carbocycles. The van der Waals surface area contributed by atoms with Crippen LogP contribution in [0, 0.1) is 22.6 Å². The summed E-state index contributed by atoms with van der Waals surface area (Å²) in [6, 6.07) is 10.8. The van der Waals surface area contributed by atoms with Crippen molar-refractivity contribution in [1.29, 1.82) is 5.26 Å². The molecule has 1 aromatic heterocycles. The van der Waals surface area contributed by atoms with Crippen molar-refractivity contribution in [3.63, 3.8) is 0 Å². The second-order valence-corrected chi connectivity index (χ2v) is 7.37. The van der Waals surface area contributed by atoms with Gasteiger partial charge in [-0.15, -0.1) is 0 Å². The molecule has 1 saturated heterocycles. The predicted molar refractivity (Wildman–Crippen MR) is 102 cm³/mol. The number of hydrogen-bond acceptors (Lipinski definition) is 4. The molecule has 2 heterocycles. The lowest BCUT2D eigenvalue weighted by Crippen LogP contribution is -2.32. The van der Waals surface area contributed by atoms with Crippen molar-refractivity contribution in [2.45, 2.75) is 32.7 Å². The highest BCUT2D eigenvalue weighted by atomic mass is 19.1. The molecule has 0 radical (unpaired) electrons. The summed E-state index contributed by atoms with van der Waals surface area (Å²) in [5.74, 6) is -0.195. The molecule has 3 rings (SSSR count). The molecule has 142 valence electrons. The normalized spacial score (nSPS) is 19.9. The van der Waals surface area contributed by atoms with E-state index < -0.39 is 0 Å². The van der Waals surface area contributed by atoms with Gasteiger partial charge in [0, 0.05) is 43.1 Å². The van der Waals surface area contributed by atoms with Crippen LogP contribution in [0.5, 0.6) is 0 Å². The van der Waals surface area contributed by atoms with Crippen LogP contribution in [0.4, 0.5) is 4.39 Å². The molecule has 1 fully saturated rings. The van der Waals surface area contributed by atoms with Gasteiger partial charge in [-0.1, -0.05) is 12.1 Å². The average molecular weight is 367 g/mol. The van der Waals surface area contributed by atoms with Crippen LogP contribution >= 0.6 is 0 Å². The first-order valence-electron chi connectivity index (χ1n) is 9.52. The van der Waals surface area contributed by atoms with Crippen LogP contribution in [0.15, 0.2) is 42.7 Å². The first-order valence-corrected chi connectivity index (χ1v) is 9.52. The van der Waals surface area contributed by atoms with Crippen LogP contribution in [0.3, 0.4) is 0 Å². The van der Waals surface area contributed by atoms with Gasteiger partial charge in [0.1, 0.15) is 5.82 Å². The Kier molecular flexibility index (Phi) is 6.54. The summed E-state index contributed by atoms with van der Waals surface area (Å²) in [4.78, 5) is 6.56. The first-order chi connectivity index (χ1) is 13.1. The lowest BCUT2D eigenvalue weighted by atomic mass is 9.82. The predicted octanol–water partition coefficient (Wildman–Crippen LogP) is 3.95. The van der Waals surface area contributed by atoms with Gasteiger partial charge >= 0.3 is 0 Å². The minimum Gasteiger partial charge on any atom is -0.381 e. The molecule has 0 bridgehead atoms. The number of likely N-dealkylation sites (tertiary alicyclic amines) is 1. The van der Waals surface area contributed by atoms with E-state index in [1.165, 1.54) is 12.1 Å². The third kappa shape index (κ3) is 5.12. The smallest absolute Gasteiger partial charge is 0.123 e. The van der Waals surface area contributed by atoms with Gasteiger partial charge in [-0.3, -0.25) is 9.88 Å². The molecule has 0 N–H and O–H groups in total. The van der Waals surface area contributed by atoms with E-state index in [9.17, 15) is 9.65 Å². The summed E-state index contributed by atoms with van der Waals surface area (Å²) >= 11 is 0. The SMILES string of the molecule is CCOCC1(CCc2ccc(F)cc2)CCN(Cc2cnccc2C#N)C1. The van der Waals surface area contributed by atoms with Crippen molar-refractivity contribution >= 4 is 0 Å². The number of ether oxygens (including phenoxy) is 1. The van der Waals surface area contributed by atoms with Crippen molar-refractivity contribution in [3.8, 4) is 6.07 Å². The summed E-state index contributed by atoms with van der Waals surface area (Å²) < 4.78 is 19.0. The monoisotopic (exact) mass is 367 g/mol. The van der Waals surface area contributed by atoms with E-state index in [-0.39, 0.29) is 11.2 Å². The quantitative estimate of drug-likeness (QED) is 0.709. The fraction of sp³-hybridized carbons (Fsp3) is 0.455. The maximum Gasteiger partial charge on any atom is 0.123 e. The number of nitrogens with zero attached hydrogens (tertiary/aromatic N) is 3. The van der Waals surface area contributed by atoms with E-state index in [2.05, 4.69) is 16.0 Å². The molecule has 0 amide bonds. The Hall–Kier alpha value is -2.29. The van der Waals surface area contributed by atoms with Gasteiger partial charge in [0.2, 0.25) is 0 Å². The van der Waals surface area contributed by atoms with E-state index in [0.717, 1.165) is 56.6 Å². The number of aryl methyl sites for hydroxylation is 1. The highest BCUT2D eigenvalue weighted by Crippen LogP contribution is 2.36. The summed E-state index contributed by atoms with van der Waals surface area (Å²) in [6.45, 7) is 6.12. The molecule has 5 heteroatoms. The van der Waals surface area contributed by atoms with Gasteiger partial charge in [-0.05, 0) is 56.5 Å². The van der Waals surface area contributed by atoms with Gasteiger partial charge in [-0.25, -0.2) is 4.39 Å². The Morgan fingerprint density at radius 1 is 1.30 bits per heavy atom. The van der Waals surface area contributed by atoms with Crippen molar-refractivity contribution in [2.75, 3.05) is 26.3 Å². The van der Waals surface area contributed by atoms with Crippen molar-refractivity contribution in [1.82, 2.24) is 9.88 Å². The van der Waals surface area contributed by atoms with E-state index >= 15 is 0 Å². The molecule has 4 nitrogen and oxygen atoms in total. The first kappa shape index (κ1) is 19.5. The fourth-order valence-corrected chi connectivity index (χ4v) is 3.84. The number of hydrogen-bond donors (Lipinski definition) is 0. The Balaban J connectivity index is 1.66. The number of aromatic nitrogens is 1. The van der Waals surface area contributed by atoms with Crippen LogP contribution in [0.1, 0.15) is 36.5 Å². The second-order valence-electron chi connectivity index (χ2n) is 7.37. The lowest BCUT2D eigenvalue weighted by Gasteiger charge is -2.29. The topological polar surface area (TPSA) is 49.1 Å².